The van der Waals surface area contributed by atoms with Crippen LogP contribution in [0.4, 0.5) is 4.79 Å². The Labute approximate surface area is 149 Å². The number of carbonyl (C=O) groups is 1. The minimum atomic E-state index is 0.0458. The third-order valence-corrected chi connectivity index (χ3v) is 5.98. The summed E-state index contributed by atoms with van der Waals surface area (Å²) in [5, 5.41) is 7.37. The highest BCUT2D eigenvalue weighted by atomic mass is 16.5. The molecule has 138 valence electrons. The standard InChI is InChI=1S/C18H29N5O2/c1-21-13-15(12-20-21)17-14(5-10-25-17)11-19-18(24)23-8-6-22(7-9-23)16-3-2-4-16/h12-14,16-17H,2-11H2,1H3,(H,19,24)/t14-,17+/m0/s1. The van der Waals surface area contributed by atoms with Gasteiger partial charge in [0.2, 0.25) is 0 Å². The highest BCUT2D eigenvalue weighted by Gasteiger charge is 2.32. The molecule has 4 rings (SSSR count). The van der Waals surface area contributed by atoms with E-state index in [9.17, 15) is 4.79 Å². The first-order valence-electron chi connectivity index (χ1n) is 9.57. The number of hydrogen-bond donors (Lipinski definition) is 1. The Morgan fingerprint density at radius 3 is 2.72 bits per heavy atom. The zero-order valence-corrected chi connectivity index (χ0v) is 15.1. The van der Waals surface area contributed by atoms with Crippen molar-refractivity contribution in [1.82, 2.24) is 24.9 Å². The molecule has 3 heterocycles. The summed E-state index contributed by atoms with van der Waals surface area (Å²) in [6, 6.07) is 0.853. The molecule has 2 atom stereocenters. The van der Waals surface area contributed by atoms with Crippen molar-refractivity contribution in [2.75, 3.05) is 39.3 Å². The van der Waals surface area contributed by atoms with E-state index in [1.54, 1.807) is 4.68 Å². The average molecular weight is 347 g/mol. The highest BCUT2D eigenvalue weighted by molar-refractivity contribution is 5.74. The maximum Gasteiger partial charge on any atom is 0.317 e. The van der Waals surface area contributed by atoms with E-state index in [1.165, 1.54) is 19.3 Å². The zero-order chi connectivity index (χ0) is 17.2. The van der Waals surface area contributed by atoms with Crippen LogP contribution in [0.5, 0.6) is 0 Å². The zero-order valence-electron chi connectivity index (χ0n) is 15.1. The molecule has 3 aliphatic rings. The summed E-state index contributed by atoms with van der Waals surface area (Å²) < 4.78 is 7.68. The fourth-order valence-corrected chi connectivity index (χ4v) is 4.17. The lowest BCUT2D eigenvalue weighted by Gasteiger charge is -2.42. The van der Waals surface area contributed by atoms with Crippen LogP contribution in [0.15, 0.2) is 12.4 Å². The van der Waals surface area contributed by atoms with Gasteiger partial charge in [-0.15, -0.1) is 0 Å². The molecule has 0 bridgehead atoms. The molecule has 3 fully saturated rings. The average Bonchev–Trinajstić information content (AvgIpc) is 3.20. The summed E-state index contributed by atoms with van der Waals surface area (Å²) in [5.41, 5.74) is 1.10. The van der Waals surface area contributed by atoms with E-state index >= 15 is 0 Å². The molecular weight excluding hydrogens is 318 g/mol. The van der Waals surface area contributed by atoms with Gasteiger partial charge in [0.05, 0.1) is 12.3 Å². The molecular formula is C18H29N5O2. The Morgan fingerprint density at radius 2 is 2.08 bits per heavy atom. The molecule has 2 saturated heterocycles. The number of aryl methyl sites for hydroxylation is 1. The predicted octanol–water partition coefficient (Wildman–Crippen LogP) is 1.38. The van der Waals surface area contributed by atoms with Gasteiger partial charge in [0.15, 0.2) is 0 Å². The molecule has 0 spiro atoms. The van der Waals surface area contributed by atoms with Gasteiger partial charge in [0.25, 0.3) is 0 Å². The molecule has 25 heavy (non-hydrogen) atoms. The van der Waals surface area contributed by atoms with Gasteiger partial charge in [0, 0.05) is 70.1 Å². The van der Waals surface area contributed by atoms with E-state index in [2.05, 4.69) is 15.3 Å². The third-order valence-electron chi connectivity index (χ3n) is 5.98. The first-order valence-corrected chi connectivity index (χ1v) is 9.57. The van der Waals surface area contributed by atoms with Crippen LogP contribution >= 0.6 is 0 Å². The van der Waals surface area contributed by atoms with Crippen molar-refractivity contribution in [3.05, 3.63) is 18.0 Å². The fraction of sp³-hybridized carbons (Fsp3) is 0.778. The van der Waals surface area contributed by atoms with Gasteiger partial charge in [-0.05, 0) is 19.3 Å². The summed E-state index contributed by atoms with van der Waals surface area (Å²) in [6.07, 6.45) is 8.94. The van der Waals surface area contributed by atoms with Crippen molar-refractivity contribution in [2.45, 2.75) is 37.8 Å². The molecule has 7 nitrogen and oxygen atoms in total. The summed E-state index contributed by atoms with van der Waals surface area (Å²) in [7, 11) is 1.92. The number of amides is 2. The Bertz CT molecular complexity index is 592. The van der Waals surface area contributed by atoms with Crippen molar-refractivity contribution < 1.29 is 9.53 Å². The Morgan fingerprint density at radius 1 is 1.28 bits per heavy atom. The SMILES string of the molecule is Cn1cc([C@@H]2OCC[C@H]2CNC(=O)N2CCN(C3CCC3)CC2)cn1. The summed E-state index contributed by atoms with van der Waals surface area (Å²) in [5.74, 6) is 0.324. The number of urea groups is 1. The van der Waals surface area contributed by atoms with Crippen LogP contribution < -0.4 is 5.32 Å². The number of ether oxygens (including phenoxy) is 1. The molecule has 1 aromatic rings. The topological polar surface area (TPSA) is 62.6 Å². The van der Waals surface area contributed by atoms with Gasteiger partial charge in [-0.1, -0.05) is 6.42 Å². The number of carbonyl (C=O) groups excluding carboxylic acids is 1. The van der Waals surface area contributed by atoms with Gasteiger partial charge < -0.3 is 15.0 Å². The molecule has 2 aliphatic heterocycles. The maximum absolute atomic E-state index is 12.5. The van der Waals surface area contributed by atoms with Gasteiger partial charge in [-0.2, -0.15) is 5.10 Å². The second-order valence-electron chi connectivity index (χ2n) is 7.58. The number of nitrogens with one attached hydrogen (secondary N) is 1. The number of aromatic nitrogens is 2. The number of nitrogens with zero attached hydrogens (tertiary/aromatic N) is 4. The minimum Gasteiger partial charge on any atom is -0.373 e. The Balaban J connectivity index is 1.24. The first kappa shape index (κ1) is 16.8. The van der Waals surface area contributed by atoms with Gasteiger partial charge in [-0.3, -0.25) is 9.58 Å². The molecule has 0 radical (unpaired) electrons. The van der Waals surface area contributed by atoms with E-state index < -0.39 is 0 Å². The molecule has 1 aliphatic carbocycles. The summed E-state index contributed by atoms with van der Waals surface area (Å²) in [4.78, 5) is 17.0. The van der Waals surface area contributed by atoms with Crippen LogP contribution in [0.2, 0.25) is 0 Å². The molecule has 1 saturated carbocycles. The van der Waals surface area contributed by atoms with Crippen molar-refractivity contribution in [3.8, 4) is 0 Å². The van der Waals surface area contributed by atoms with Crippen LogP contribution in [-0.4, -0.2) is 71.0 Å². The molecule has 1 N–H and O–H groups in total. The lowest BCUT2D eigenvalue weighted by molar-refractivity contribution is 0.0713. The van der Waals surface area contributed by atoms with Crippen molar-refractivity contribution in [2.24, 2.45) is 13.0 Å². The molecule has 1 aromatic heterocycles. The van der Waals surface area contributed by atoms with Gasteiger partial charge in [0.1, 0.15) is 0 Å². The normalized spacial score (nSPS) is 28.1. The number of piperazine rings is 1. The fourth-order valence-electron chi connectivity index (χ4n) is 4.17. The van der Waals surface area contributed by atoms with Crippen LogP contribution in [0.1, 0.15) is 37.4 Å². The van der Waals surface area contributed by atoms with E-state index in [0.717, 1.165) is 50.8 Å². The van der Waals surface area contributed by atoms with E-state index in [4.69, 9.17) is 4.74 Å². The monoisotopic (exact) mass is 347 g/mol. The quantitative estimate of drug-likeness (QED) is 0.894. The molecule has 2 amide bonds. The second-order valence-corrected chi connectivity index (χ2v) is 7.58. The van der Waals surface area contributed by atoms with Crippen LogP contribution in [0.3, 0.4) is 0 Å². The van der Waals surface area contributed by atoms with Gasteiger partial charge in [-0.25, -0.2) is 4.79 Å². The summed E-state index contributed by atoms with van der Waals surface area (Å²) >= 11 is 0. The van der Waals surface area contributed by atoms with Crippen LogP contribution in [0.25, 0.3) is 0 Å². The maximum atomic E-state index is 12.5. The predicted molar refractivity (Wildman–Crippen MR) is 94.2 cm³/mol. The van der Waals surface area contributed by atoms with Crippen molar-refractivity contribution in [3.63, 3.8) is 0 Å². The van der Waals surface area contributed by atoms with E-state index in [0.29, 0.717) is 12.5 Å². The van der Waals surface area contributed by atoms with Gasteiger partial charge >= 0.3 is 6.03 Å². The molecule has 0 aromatic carbocycles. The Hall–Kier alpha value is -1.60. The summed E-state index contributed by atoms with van der Waals surface area (Å²) in [6.45, 7) is 5.14. The largest absolute Gasteiger partial charge is 0.373 e. The van der Waals surface area contributed by atoms with Crippen molar-refractivity contribution >= 4 is 6.03 Å². The minimum absolute atomic E-state index is 0.0458. The highest BCUT2D eigenvalue weighted by Crippen LogP contribution is 2.33. The lowest BCUT2D eigenvalue weighted by Crippen LogP contribution is -2.55. The molecule has 7 heteroatoms. The lowest BCUT2D eigenvalue weighted by atomic mass is 9.91. The third kappa shape index (κ3) is 3.67. The second kappa shape index (κ2) is 7.33. The van der Waals surface area contributed by atoms with Crippen LogP contribution in [-0.2, 0) is 11.8 Å². The molecule has 0 unspecified atom stereocenters. The number of hydrogen-bond acceptors (Lipinski definition) is 4. The first-order chi connectivity index (χ1) is 12.2. The van der Waals surface area contributed by atoms with Crippen molar-refractivity contribution in [1.29, 1.82) is 0 Å². The van der Waals surface area contributed by atoms with E-state index in [1.807, 2.05) is 24.3 Å². The Kier molecular flexibility index (Phi) is 4.94. The number of rotatable bonds is 4. The van der Waals surface area contributed by atoms with E-state index in [-0.39, 0.29) is 12.1 Å². The smallest absolute Gasteiger partial charge is 0.317 e. The van der Waals surface area contributed by atoms with Crippen LogP contribution in [0, 0.1) is 5.92 Å².